The number of hydrogen-bond acceptors (Lipinski definition) is 2. The van der Waals surface area contributed by atoms with Crippen LogP contribution in [0.1, 0.15) is 18.9 Å². The van der Waals surface area contributed by atoms with Gasteiger partial charge in [0.1, 0.15) is 0 Å². The molecule has 0 bridgehead atoms. The van der Waals surface area contributed by atoms with Gasteiger partial charge in [0.05, 0.1) is 5.69 Å². The third kappa shape index (κ3) is 1.67. The Labute approximate surface area is 83.5 Å². The number of pyridine rings is 1. The van der Waals surface area contributed by atoms with Crippen molar-refractivity contribution in [3.05, 3.63) is 28.2 Å². The summed E-state index contributed by atoms with van der Waals surface area (Å²) < 4.78 is 1.73. The summed E-state index contributed by atoms with van der Waals surface area (Å²) in [4.78, 5) is 11.6. The number of nitrogens with zero attached hydrogens (tertiary/aromatic N) is 1. The van der Waals surface area contributed by atoms with Crippen molar-refractivity contribution >= 4 is 5.69 Å². The normalized spacial score (nSPS) is 25.0. The summed E-state index contributed by atoms with van der Waals surface area (Å²) in [6, 6.07) is 1.61. The predicted octanol–water partition coefficient (Wildman–Crippen LogP) is 1.39. The van der Waals surface area contributed by atoms with E-state index in [-0.39, 0.29) is 5.56 Å². The third-order valence-electron chi connectivity index (χ3n) is 3.08. The lowest BCUT2D eigenvalue weighted by atomic mass is 10.2. The topological polar surface area (TPSA) is 48.0 Å². The molecular weight excluding hydrogens is 176 g/mol. The SMILES string of the molecule is Cc1cc(=O)n(CC2CC2C)cc1N. The highest BCUT2D eigenvalue weighted by atomic mass is 16.1. The fourth-order valence-corrected chi connectivity index (χ4v) is 1.73. The molecule has 1 aliphatic rings. The van der Waals surface area contributed by atoms with E-state index in [9.17, 15) is 4.79 Å². The number of nitrogen functional groups attached to an aromatic ring is 1. The van der Waals surface area contributed by atoms with Crippen LogP contribution in [0.4, 0.5) is 5.69 Å². The van der Waals surface area contributed by atoms with E-state index in [1.165, 1.54) is 6.42 Å². The molecule has 1 heterocycles. The summed E-state index contributed by atoms with van der Waals surface area (Å²) in [7, 11) is 0. The molecule has 0 aliphatic heterocycles. The molecule has 1 fully saturated rings. The van der Waals surface area contributed by atoms with Gasteiger partial charge in [-0.1, -0.05) is 6.92 Å². The van der Waals surface area contributed by atoms with Crippen LogP contribution in [-0.4, -0.2) is 4.57 Å². The van der Waals surface area contributed by atoms with Crippen molar-refractivity contribution < 1.29 is 0 Å². The molecule has 0 saturated heterocycles. The maximum Gasteiger partial charge on any atom is 0.250 e. The number of aromatic nitrogens is 1. The lowest BCUT2D eigenvalue weighted by Gasteiger charge is -2.07. The van der Waals surface area contributed by atoms with Gasteiger partial charge in [0.2, 0.25) is 0 Å². The molecule has 1 aliphatic carbocycles. The lowest BCUT2D eigenvalue weighted by Crippen LogP contribution is -2.21. The first-order valence-corrected chi connectivity index (χ1v) is 5.04. The zero-order valence-corrected chi connectivity index (χ0v) is 8.66. The molecule has 1 saturated carbocycles. The molecule has 0 amide bonds. The van der Waals surface area contributed by atoms with E-state index in [0.717, 1.165) is 18.0 Å². The average Bonchev–Trinajstić information content (AvgIpc) is 2.78. The van der Waals surface area contributed by atoms with Crippen molar-refractivity contribution in [2.75, 3.05) is 5.73 Å². The van der Waals surface area contributed by atoms with Crippen molar-refractivity contribution in [3.8, 4) is 0 Å². The van der Waals surface area contributed by atoms with E-state index < -0.39 is 0 Å². The molecule has 3 heteroatoms. The molecule has 1 aromatic heterocycles. The van der Waals surface area contributed by atoms with Crippen molar-refractivity contribution in [2.45, 2.75) is 26.8 Å². The number of anilines is 1. The highest BCUT2D eigenvalue weighted by molar-refractivity contribution is 5.42. The second-order valence-electron chi connectivity index (χ2n) is 4.38. The summed E-state index contributed by atoms with van der Waals surface area (Å²) in [5.74, 6) is 1.44. The molecule has 76 valence electrons. The minimum atomic E-state index is 0.0656. The summed E-state index contributed by atoms with van der Waals surface area (Å²) >= 11 is 0. The highest BCUT2D eigenvalue weighted by Crippen LogP contribution is 2.38. The average molecular weight is 192 g/mol. The van der Waals surface area contributed by atoms with Crippen molar-refractivity contribution in [1.29, 1.82) is 0 Å². The summed E-state index contributed by atoms with van der Waals surface area (Å²) in [6.07, 6.45) is 3.00. The van der Waals surface area contributed by atoms with Gasteiger partial charge in [-0.2, -0.15) is 0 Å². The van der Waals surface area contributed by atoms with Crippen LogP contribution >= 0.6 is 0 Å². The van der Waals surface area contributed by atoms with Gasteiger partial charge in [-0.25, -0.2) is 0 Å². The van der Waals surface area contributed by atoms with Gasteiger partial charge in [-0.3, -0.25) is 4.79 Å². The van der Waals surface area contributed by atoms with Gasteiger partial charge in [-0.15, -0.1) is 0 Å². The van der Waals surface area contributed by atoms with Crippen LogP contribution in [0.5, 0.6) is 0 Å². The van der Waals surface area contributed by atoms with E-state index in [2.05, 4.69) is 6.92 Å². The lowest BCUT2D eigenvalue weighted by molar-refractivity contribution is 0.577. The summed E-state index contributed by atoms with van der Waals surface area (Å²) in [5.41, 5.74) is 7.40. The minimum Gasteiger partial charge on any atom is -0.397 e. The first kappa shape index (κ1) is 9.31. The van der Waals surface area contributed by atoms with Crippen LogP contribution in [0.15, 0.2) is 17.1 Å². The van der Waals surface area contributed by atoms with Gasteiger partial charge < -0.3 is 10.3 Å². The molecule has 0 radical (unpaired) electrons. The molecule has 0 spiro atoms. The van der Waals surface area contributed by atoms with Crippen LogP contribution in [0.2, 0.25) is 0 Å². The second kappa shape index (κ2) is 3.15. The van der Waals surface area contributed by atoms with E-state index in [0.29, 0.717) is 11.6 Å². The monoisotopic (exact) mass is 192 g/mol. The maximum absolute atomic E-state index is 11.6. The molecule has 1 aromatic rings. The Kier molecular flexibility index (Phi) is 2.10. The van der Waals surface area contributed by atoms with E-state index in [1.807, 2.05) is 6.92 Å². The first-order valence-electron chi connectivity index (χ1n) is 5.04. The number of hydrogen-bond donors (Lipinski definition) is 1. The fraction of sp³-hybridized carbons (Fsp3) is 0.545. The summed E-state index contributed by atoms with van der Waals surface area (Å²) in [5, 5.41) is 0. The van der Waals surface area contributed by atoms with E-state index >= 15 is 0 Å². The molecule has 3 nitrogen and oxygen atoms in total. The Hall–Kier alpha value is -1.25. The molecule has 2 unspecified atom stereocenters. The van der Waals surface area contributed by atoms with Crippen LogP contribution in [0.25, 0.3) is 0 Å². The first-order chi connectivity index (χ1) is 6.58. The van der Waals surface area contributed by atoms with Crippen molar-refractivity contribution in [2.24, 2.45) is 11.8 Å². The van der Waals surface area contributed by atoms with Crippen molar-refractivity contribution in [3.63, 3.8) is 0 Å². The molecule has 14 heavy (non-hydrogen) atoms. The van der Waals surface area contributed by atoms with Crippen LogP contribution in [0, 0.1) is 18.8 Å². The molecule has 2 rings (SSSR count). The van der Waals surface area contributed by atoms with Gasteiger partial charge in [0.15, 0.2) is 0 Å². The fourth-order valence-electron chi connectivity index (χ4n) is 1.73. The highest BCUT2D eigenvalue weighted by Gasteiger charge is 2.32. The van der Waals surface area contributed by atoms with Gasteiger partial charge in [0, 0.05) is 18.8 Å². The zero-order chi connectivity index (χ0) is 10.3. The van der Waals surface area contributed by atoms with Gasteiger partial charge in [-0.05, 0) is 30.7 Å². The second-order valence-corrected chi connectivity index (χ2v) is 4.38. The molecule has 2 atom stereocenters. The largest absolute Gasteiger partial charge is 0.397 e. The van der Waals surface area contributed by atoms with E-state index in [1.54, 1.807) is 16.8 Å². The predicted molar refractivity (Wildman–Crippen MR) is 57.1 cm³/mol. The smallest absolute Gasteiger partial charge is 0.250 e. The number of rotatable bonds is 2. The Balaban J connectivity index is 2.25. The Morgan fingerprint density at radius 3 is 2.86 bits per heavy atom. The third-order valence-corrected chi connectivity index (χ3v) is 3.08. The zero-order valence-electron chi connectivity index (χ0n) is 8.66. The molecular formula is C11H16N2O. The summed E-state index contributed by atoms with van der Waals surface area (Å²) in [6.45, 7) is 4.90. The minimum absolute atomic E-state index is 0.0656. The van der Waals surface area contributed by atoms with E-state index in [4.69, 9.17) is 5.73 Å². The van der Waals surface area contributed by atoms with Crippen LogP contribution in [-0.2, 0) is 6.54 Å². The standard InChI is InChI=1S/C11H16N2O/c1-7-3-9(7)5-13-6-10(12)8(2)4-11(13)14/h4,6-7,9H,3,5,12H2,1-2H3. The molecule has 2 N–H and O–H groups in total. The number of nitrogens with two attached hydrogens (primary N) is 1. The van der Waals surface area contributed by atoms with Gasteiger partial charge in [0.25, 0.3) is 5.56 Å². The van der Waals surface area contributed by atoms with Crippen molar-refractivity contribution in [1.82, 2.24) is 4.57 Å². The number of aryl methyl sites for hydroxylation is 1. The maximum atomic E-state index is 11.6. The Morgan fingerprint density at radius 1 is 1.64 bits per heavy atom. The molecule has 0 aromatic carbocycles. The Bertz CT molecular complexity index is 408. The van der Waals surface area contributed by atoms with Crippen LogP contribution < -0.4 is 11.3 Å². The Morgan fingerprint density at radius 2 is 2.29 bits per heavy atom. The van der Waals surface area contributed by atoms with Crippen LogP contribution in [0.3, 0.4) is 0 Å². The quantitative estimate of drug-likeness (QED) is 0.769. The van der Waals surface area contributed by atoms with Gasteiger partial charge >= 0.3 is 0 Å².